The lowest BCUT2D eigenvalue weighted by Gasteiger charge is -2.04. The Morgan fingerprint density at radius 2 is 2.00 bits per heavy atom. The van der Waals surface area contributed by atoms with Crippen molar-refractivity contribution in [2.75, 3.05) is 7.11 Å². The van der Waals surface area contributed by atoms with E-state index in [9.17, 15) is 13.2 Å². The van der Waals surface area contributed by atoms with Crippen LogP contribution in [0.5, 0.6) is 5.75 Å². The molecule has 84 valence electrons. The van der Waals surface area contributed by atoms with Crippen molar-refractivity contribution in [1.29, 1.82) is 0 Å². The fourth-order valence-electron chi connectivity index (χ4n) is 1.64. The first kappa shape index (κ1) is 10.9. The molecule has 0 fully saturated rings. The van der Waals surface area contributed by atoms with E-state index in [1.807, 2.05) is 0 Å². The average Bonchev–Trinajstić information content (AvgIpc) is 2.51. The normalized spacial score (nSPS) is 16.5. The number of Topliss-reactive ketones (excluding diaryl/α,β-unsaturated/α-hetero) is 1. The standard InChI is InChI=1S/C11H10O4S/c1-7(12)10-6-16(13,14)11-5-8(15-2)3-4-9(10)11/h3-6H,1-2H3. The van der Waals surface area contributed by atoms with Gasteiger partial charge in [0.15, 0.2) is 5.78 Å². The van der Waals surface area contributed by atoms with Gasteiger partial charge in [-0.3, -0.25) is 4.79 Å². The molecule has 4 nitrogen and oxygen atoms in total. The van der Waals surface area contributed by atoms with Gasteiger partial charge in [0.25, 0.3) is 0 Å². The zero-order chi connectivity index (χ0) is 11.9. The number of allylic oxidation sites excluding steroid dienone is 1. The summed E-state index contributed by atoms with van der Waals surface area (Å²) in [5.74, 6) is 0.202. The second-order valence-corrected chi connectivity index (χ2v) is 5.26. The van der Waals surface area contributed by atoms with Crippen LogP contribution in [-0.2, 0) is 14.6 Å². The number of carbonyl (C=O) groups is 1. The number of benzene rings is 1. The first-order valence-electron chi connectivity index (χ1n) is 4.62. The number of hydrogen-bond donors (Lipinski definition) is 0. The minimum absolute atomic E-state index is 0.136. The maximum atomic E-state index is 11.8. The zero-order valence-electron chi connectivity index (χ0n) is 8.85. The summed E-state index contributed by atoms with van der Waals surface area (Å²) in [5, 5.41) is 1.01. The maximum absolute atomic E-state index is 11.8. The lowest BCUT2D eigenvalue weighted by atomic mass is 10.0. The summed E-state index contributed by atoms with van der Waals surface area (Å²) in [7, 11) is -2.03. The number of ketones is 1. The summed E-state index contributed by atoms with van der Waals surface area (Å²) < 4.78 is 28.5. The lowest BCUT2D eigenvalue weighted by molar-refractivity contribution is -0.111. The molecule has 1 aliphatic heterocycles. The lowest BCUT2D eigenvalue weighted by Crippen LogP contribution is -1.95. The van der Waals surface area contributed by atoms with Crippen LogP contribution in [0.2, 0.25) is 0 Å². The molecule has 1 aromatic rings. The molecule has 5 heteroatoms. The molecular formula is C11H10O4S. The van der Waals surface area contributed by atoms with Gasteiger partial charge in [-0.15, -0.1) is 0 Å². The van der Waals surface area contributed by atoms with Crippen molar-refractivity contribution in [3.63, 3.8) is 0 Å². The molecule has 0 radical (unpaired) electrons. The fourth-order valence-corrected chi connectivity index (χ4v) is 3.14. The van der Waals surface area contributed by atoms with Crippen LogP contribution in [0.3, 0.4) is 0 Å². The van der Waals surface area contributed by atoms with Crippen molar-refractivity contribution < 1.29 is 17.9 Å². The Hall–Kier alpha value is -1.62. The van der Waals surface area contributed by atoms with Crippen LogP contribution < -0.4 is 4.74 Å². The molecule has 0 aromatic heterocycles. The van der Waals surface area contributed by atoms with Crippen LogP contribution >= 0.6 is 0 Å². The Morgan fingerprint density at radius 1 is 1.31 bits per heavy atom. The smallest absolute Gasteiger partial charge is 0.201 e. The average molecular weight is 238 g/mol. The van der Waals surface area contributed by atoms with Crippen LogP contribution in [0.15, 0.2) is 28.5 Å². The van der Waals surface area contributed by atoms with E-state index >= 15 is 0 Å². The number of hydrogen-bond acceptors (Lipinski definition) is 4. The summed E-state index contributed by atoms with van der Waals surface area (Å²) in [6.45, 7) is 1.35. The van der Waals surface area contributed by atoms with Crippen LogP contribution in [0, 0.1) is 0 Å². The zero-order valence-corrected chi connectivity index (χ0v) is 9.67. The summed E-state index contributed by atoms with van der Waals surface area (Å²) in [5.41, 5.74) is 0.686. The number of ether oxygens (including phenoxy) is 1. The van der Waals surface area contributed by atoms with E-state index in [1.165, 1.54) is 20.1 Å². The van der Waals surface area contributed by atoms with E-state index < -0.39 is 9.84 Å². The van der Waals surface area contributed by atoms with Gasteiger partial charge in [-0.05, 0) is 25.1 Å². The highest BCUT2D eigenvalue weighted by molar-refractivity contribution is 7.95. The van der Waals surface area contributed by atoms with Crippen molar-refractivity contribution in [2.45, 2.75) is 11.8 Å². The van der Waals surface area contributed by atoms with Crippen LogP contribution in [0.4, 0.5) is 0 Å². The van der Waals surface area contributed by atoms with Crippen molar-refractivity contribution in [3.8, 4) is 5.75 Å². The molecular weight excluding hydrogens is 228 g/mol. The van der Waals surface area contributed by atoms with Gasteiger partial charge in [0.05, 0.1) is 12.0 Å². The SMILES string of the molecule is COc1ccc2c(c1)S(=O)(=O)C=C2C(C)=O. The van der Waals surface area contributed by atoms with Gasteiger partial charge in [0.2, 0.25) is 9.84 Å². The molecule has 2 rings (SSSR count). The molecule has 0 saturated carbocycles. The molecule has 0 atom stereocenters. The number of carbonyl (C=O) groups excluding carboxylic acids is 1. The fraction of sp³-hybridized carbons (Fsp3) is 0.182. The van der Waals surface area contributed by atoms with Crippen LogP contribution in [-0.4, -0.2) is 21.3 Å². The minimum Gasteiger partial charge on any atom is -0.497 e. The van der Waals surface area contributed by atoms with Gasteiger partial charge in [0, 0.05) is 16.5 Å². The number of methoxy groups -OCH3 is 1. The van der Waals surface area contributed by atoms with E-state index in [0.717, 1.165) is 5.41 Å². The van der Waals surface area contributed by atoms with Crippen LogP contribution in [0.25, 0.3) is 5.57 Å². The van der Waals surface area contributed by atoms with E-state index in [2.05, 4.69) is 0 Å². The summed E-state index contributed by atoms with van der Waals surface area (Å²) in [6, 6.07) is 4.65. The Balaban J connectivity index is 2.71. The van der Waals surface area contributed by atoms with Gasteiger partial charge in [-0.1, -0.05) is 0 Å². The molecule has 0 saturated heterocycles. The summed E-state index contributed by atoms with van der Waals surface area (Å²) in [4.78, 5) is 11.4. The second-order valence-electron chi connectivity index (χ2n) is 3.49. The monoisotopic (exact) mass is 238 g/mol. The van der Waals surface area contributed by atoms with E-state index in [1.54, 1.807) is 12.1 Å². The molecule has 0 N–H and O–H groups in total. The molecule has 0 bridgehead atoms. The molecule has 16 heavy (non-hydrogen) atoms. The topological polar surface area (TPSA) is 60.4 Å². The van der Waals surface area contributed by atoms with Crippen molar-refractivity contribution in [2.24, 2.45) is 0 Å². The van der Waals surface area contributed by atoms with Crippen molar-refractivity contribution >= 4 is 21.2 Å². The maximum Gasteiger partial charge on any atom is 0.201 e. The van der Waals surface area contributed by atoms with Gasteiger partial charge in [-0.2, -0.15) is 0 Å². The Morgan fingerprint density at radius 3 is 2.56 bits per heavy atom. The predicted molar refractivity (Wildman–Crippen MR) is 58.8 cm³/mol. The van der Waals surface area contributed by atoms with E-state index in [4.69, 9.17) is 4.74 Å². The van der Waals surface area contributed by atoms with E-state index in [-0.39, 0.29) is 16.3 Å². The molecule has 1 heterocycles. The molecule has 1 aliphatic rings. The van der Waals surface area contributed by atoms with Gasteiger partial charge in [-0.25, -0.2) is 8.42 Å². The summed E-state index contributed by atoms with van der Waals surface area (Å²) >= 11 is 0. The first-order valence-corrected chi connectivity index (χ1v) is 6.16. The van der Waals surface area contributed by atoms with Crippen molar-refractivity contribution in [1.82, 2.24) is 0 Å². The predicted octanol–water partition coefficient (Wildman–Crippen LogP) is 1.41. The summed E-state index contributed by atoms with van der Waals surface area (Å²) in [6.07, 6.45) is 0. The first-order chi connectivity index (χ1) is 7.45. The largest absolute Gasteiger partial charge is 0.497 e. The third kappa shape index (κ3) is 1.53. The molecule has 1 aromatic carbocycles. The molecule has 0 aliphatic carbocycles. The third-order valence-electron chi connectivity index (χ3n) is 2.44. The highest BCUT2D eigenvalue weighted by atomic mass is 32.2. The highest BCUT2D eigenvalue weighted by Crippen LogP contribution is 2.35. The Bertz CT molecular complexity index is 596. The van der Waals surface area contributed by atoms with Crippen LogP contribution in [0.1, 0.15) is 12.5 Å². The van der Waals surface area contributed by atoms with Gasteiger partial charge in [0.1, 0.15) is 5.75 Å². The minimum atomic E-state index is -3.50. The second kappa shape index (κ2) is 3.45. The third-order valence-corrected chi connectivity index (χ3v) is 3.93. The quantitative estimate of drug-likeness (QED) is 0.781. The Kier molecular flexibility index (Phi) is 2.35. The number of sulfone groups is 1. The van der Waals surface area contributed by atoms with E-state index in [0.29, 0.717) is 11.3 Å². The molecule has 0 spiro atoms. The Labute approximate surface area is 93.5 Å². The van der Waals surface area contributed by atoms with Crippen molar-refractivity contribution in [3.05, 3.63) is 29.2 Å². The molecule has 0 unspecified atom stereocenters. The highest BCUT2D eigenvalue weighted by Gasteiger charge is 2.29. The van der Waals surface area contributed by atoms with Gasteiger partial charge < -0.3 is 4.74 Å². The molecule has 0 amide bonds. The number of fused-ring (bicyclic) bond motifs is 1. The number of rotatable bonds is 2. The van der Waals surface area contributed by atoms with Gasteiger partial charge >= 0.3 is 0 Å².